The molecule has 3 N–H and O–H groups in total. The van der Waals surface area contributed by atoms with Gasteiger partial charge in [-0.25, -0.2) is 15.8 Å². The van der Waals surface area contributed by atoms with Crippen molar-refractivity contribution in [3.05, 3.63) is 40.1 Å². The summed E-state index contributed by atoms with van der Waals surface area (Å²) in [5, 5.41) is 0.960. The van der Waals surface area contributed by atoms with Crippen molar-refractivity contribution in [1.82, 2.24) is 9.97 Å². The number of hydrogen-bond acceptors (Lipinski definition) is 5. The predicted molar refractivity (Wildman–Crippen MR) is 84.8 cm³/mol. The minimum Gasteiger partial charge on any atom is -0.308 e. The molecule has 1 fully saturated rings. The van der Waals surface area contributed by atoms with Crippen LogP contribution in [-0.2, 0) is 0 Å². The molecule has 3 rings (SSSR count). The fraction of sp³-hybridized carbons (Fsp3) is 0.286. The molecule has 1 aromatic heterocycles. The first kappa shape index (κ1) is 13.9. The maximum Gasteiger partial charge on any atom is 0.147 e. The molecular formula is C14H15BrN4S. The topological polar surface area (TPSA) is 63.8 Å². The molecule has 0 atom stereocenters. The average Bonchev–Trinajstić information content (AvgIpc) is 3.28. The monoisotopic (exact) mass is 350 g/mol. The number of nitrogen functional groups attached to an aromatic ring is 1. The molecule has 1 saturated carbocycles. The van der Waals surface area contributed by atoms with Gasteiger partial charge in [-0.1, -0.05) is 23.9 Å². The van der Waals surface area contributed by atoms with Crippen molar-refractivity contribution in [2.75, 3.05) is 5.43 Å². The van der Waals surface area contributed by atoms with E-state index < -0.39 is 0 Å². The highest BCUT2D eigenvalue weighted by atomic mass is 79.9. The molecule has 4 nitrogen and oxygen atoms in total. The Hall–Kier alpha value is -1.11. The summed E-state index contributed by atoms with van der Waals surface area (Å²) in [7, 11) is 0. The molecule has 2 aromatic rings. The second kappa shape index (κ2) is 5.71. The largest absolute Gasteiger partial charge is 0.308 e. The fourth-order valence-corrected chi connectivity index (χ4v) is 3.35. The summed E-state index contributed by atoms with van der Waals surface area (Å²) < 4.78 is 1.07. The summed E-state index contributed by atoms with van der Waals surface area (Å²) >= 11 is 5.21. The van der Waals surface area contributed by atoms with Crippen LogP contribution >= 0.6 is 27.7 Å². The zero-order valence-electron chi connectivity index (χ0n) is 11.1. The molecule has 1 aliphatic carbocycles. The van der Waals surface area contributed by atoms with E-state index in [2.05, 4.69) is 32.4 Å². The summed E-state index contributed by atoms with van der Waals surface area (Å²) in [5.74, 6) is 7.69. The summed E-state index contributed by atoms with van der Waals surface area (Å²) in [6.45, 7) is 1.99. The van der Waals surface area contributed by atoms with E-state index >= 15 is 0 Å². The predicted octanol–water partition coefficient (Wildman–Crippen LogP) is 3.86. The zero-order valence-corrected chi connectivity index (χ0v) is 13.5. The average molecular weight is 351 g/mol. The fourth-order valence-electron chi connectivity index (χ4n) is 1.91. The Kier molecular flexibility index (Phi) is 3.96. The van der Waals surface area contributed by atoms with Crippen LogP contribution in [0.25, 0.3) is 0 Å². The molecule has 1 heterocycles. The van der Waals surface area contributed by atoms with E-state index in [9.17, 15) is 0 Å². The number of benzene rings is 1. The van der Waals surface area contributed by atoms with Gasteiger partial charge in [0.1, 0.15) is 16.7 Å². The molecule has 6 heteroatoms. The van der Waals surface area contributed by atoms with Crippen molar-refractivity contribution < 1.29 is 0 Å². The Morgan fingerprint density at radius 1 is 1.30 bits per heavy atom. The van der Waals surface area contributed by atoms with E-state index in [-0.39, 0.29) is 0 Å². The molecule has 0 radical (unpaired) electrons. The first-order valence-electron chi connectivity index (χ1n) is 6.46. The van der Waals surface area contributed by atoms with Crippen LogP contribution in [0.3, 0.4) is 0 Å². The third-order valence-corrected chi connectivity index (χ3v) is 5.36. The zero-order chi connectivity index (χ0) is 14.1. The Bertz CT molecular complexity index is 643. The number of anilines is 1. The highest BCUT2D eigenvalue weighted by Gasteiger charge is 2.28. The molecule has 1 aromatic carbocycles. The van der Waals surface area contributed by atoms with Crippen molar-refractivity contribution in [3.63, 3.8) is 0 Å². The van der Waals surface area contributed by atoms with Crippen molar-refractivity contribution >= 4 is 33.5 Å². The first-order chi connectivity index (χ1) is 9.69. The van der Waals surface area contributed by atoms with Gasteiger partial charge in [-0.3, -0.25) is 0 Å². The van der Waals surface area contributed by atoms with Crippen LogP contribution in [0, 0.1) is 6.92 Å². The van der Waals surface area contributed by atoms with Gasteiger partial charge in [0, 0.05) is 20.8 Å². The number of nitrogens with one attached hydrogen (secondary N) is 1. The Morgan fingerprint density at radius 3 is 2.70 bits per heavy atom. The van der Waals surface area contributed by atoms with Gasteiger partial charge < -0.3 is 5.43 Å². The SMILES string of the molecule is Cc1c(NN)nc(C2CC2)nc1Sc1ccccc1Br. The van der Waals surface area contributed by atoms with E-state index in [0.29, 0.717) is 5.92 Å². The molecule has 0 saturated heterocycles. The van der Waals surface area contributed by atoms with E-state index in [4.69, 9.17) is 10.8 Å². The highest BCUT2D eigenvalue weighted by molar-refractivity contribution is 9.10. The normalized spacial score (nSPS) is 14.3. The van der Waals surface area contributed by atoms with Crippen molar-refractivity contribution in [2.24, 2.45) is 5.84 Å². The minimum absolute atomic E-state index is 0.501. The van der Waals surface area contributed by atoms with Gasteiger partial charge in [0.2, 0.25) is 0 Å². The van der Waals surface area contributed by atoms with Gasteiger partial charge in [-0.15, -0.1) is 0 Å². The molecule has 0 spiro atoms. The number of nitrogens with two attached hydrogens (primary N) is 1. The van der Waals surface area contributed by atoms with Crippen molar-refractivity contribution in [1.29, 1.82) is 0 Å². The van der Waals surface area contributed by atoms with Crippen LogP contribution in [0.1, 0.15) is 30.1 Å². The van der Waals surface area contributed by atoms with Gasteiger partial charge in [-0.05, 0) is 47.8 Å². The van der Waals surface area contributed by atoms with E-state index in [1.807, 2.05) is 25.1 Å². The lowest BCUT2D eigenvalue weighted by atomic mass is 10.3. The van der Waals surface area contributed by atoms with Crippen LogP contribution in [0.2, 0.25) is 0 Å². The first-order valence-corrected chi connectivity index (χ1v) is 8.07. The van der Waals surface area contributed by atoms with E-state index in [1.54, 1.807) is 11.8 Å². The number of hydrazine groups is 1. The lowest BCUT2D eigenvalue weighted by Gasteiger charge is -2.12. The molecule has 20 heavy (non-hydrogen) atoms. The molecular weight excluding hydrogens is 336 g/mol. The van der Waals surface area contributed by atoms with Crippen LogP contribution in [-0.4, -0.2) is 9.97 Å². The lowest BCUT2D eigenvalue weighted by molar-refractivity contribution is 0.862. The van der Waals surface area contributed by atoms with Crippen molar-refractivity contribution in [2.45, 2.75) is 35.6 Å². The minimum atomic E-state index is 0.501. The second-order valence-electron chi connectivity index (χ2n) is 4.81. The molecule has 104 valence electrons. The molecule has 0 unspecified atom stereocenters. The number of aromatic nitrogens is 2. The Morgan fingerprint density at radius 2 is 2.05 bits per heavy atom. The van der Waals surface area contributed by atoms with Crippen LogP contribution in [0.15, 0.2) is 38.7 Å². The highest BCUT2D eigenvalue weighted by Crippen LogP contribution is 2.41. The quantitative estimate of drug-likeness (QED) is 0.498. The van der Waals surface area contributed by atoms with Gasteiger partial charge in [0.15, 0.2) is 0 Å². The molecule has 0 bridgehead atoms. The molecule has 0 amide bonds. The van der Waals surface area contributed by atoms with Gasteiger partial charge in [0.05, 0.1) is 0 Å². The van der Waals surface area contributed by atoms with Gasteiger partial charge >= 0.3 is 0 Å². The number of halogens is 1. The Balaban J connectivity index is 1.99. The number of hydrogen-bond donors (Lipinski definition) is 2. The molecule has 1 aliphatic rings. The Labute approximate surface area is 130 Å². The number of rotatable bonds is 4. The standard InChI is InChI=1S/C14H15BrN4S/c1-8-12(19-16)17-13(9-6-7-9)18-14(8)20-11-5-3-2-4-10(11)15/h2-5,9H,6-7,16H2,1H3,(H,17,18,19). The third-order valence-electron chi connectivity index (χ3n) is 3.24. The maximum absolute atomic E-state index is 5.57. The van der Waals surface area contributed by atoms with Crippen molar-refractivity contribution in [3.8, 4) is 0 Å². The van der Waals surface area contributed by atoms with Crippen LogP contribution in [0.5, 0.6) is 0 Å². The van der Waals surface area contributed by atoms with Gasteiger partial charge in [0.25, 0.3) is 0 Å². The summed E-state index contributed by atoms with van der Waals surface area (Å²) in [6.07, 6.45) is 2.35. The smallest absolute Gasteiger partial charge is 0.147 e. The second-order valence-corrected chi connectivity index (χ2v) is 6.70. The van der Waals surface area contributed by atoms with E-state index in [1.165, 1.54) is 12.8 Å². The molecule has 0 aliphatic heterocycles. The summed E-state index contributed by atoms with van der Waals surface area (Å²) in [4.78, 5) is 10.4. The lowest BCUT2D eigenvalue weighted by Crippen LogP contribution is -2.13. The van der Waals surface area contributed by atoms with Crippen LogP contribution < -0.4 is 11.3 Å². The van der Waals surface area contributed by atoms with Crippen LogP contribution in [0.4, 0.5) is 5.82 Å². The van der Waals surface area contributed by atoms with E-state index in [0.717, 1.165) is 31.6 Å². The third kappa shape index (κ3) is 2.82. The summed E-state index contributed by atoms with van der Waals surface area (Å²) in [6, 6.07) is 8.13. The summed E-state index contributed by atoms with van der Waals surface area (Å²) in [5.41, 5.74) is 3.67. The van der Waals surface area contributed by atoms with Gasteiger partial charge in [-0.2, -0.15) is 0 Å². The maximum atomic E-state index is 5.57. The number of nitrogens with zero attached hydrogens (tertiary/aromatic N) is 2.